The molecule has 0 N–H and O–H groups in total. The topological polar surface area (TPSA) is 43.4 Å². The first-order valence-electron chi connectivity index (χ1n) is 7.26. The molecule has 0 aliphatic heterocycles. The van der Waals surface area contributed by atoms with E-state index in [-0.39, 0.29) is 5.82 Å². The molecule has 0 spiro atoms. The molecule has 4 aromatic rings. The fourth-order valence-electron chi connectivity index (χ4n) is 2.79. The predicted molar refractivity (Wildman–Crippen MR) is 87.1 cm³/mol. The number of hydrogen-bond acceptors (Lipinski definition) is 3. The summed E-state index contributed by atoms with van der Waals surface area (Å²) in [5, 5.41) is 1.80. The van der Waals surface area contributed by atoms with Crippen LogP contribution < -0.4 is 5.63 Å². The number of hydrogen-bond donors (Lipinski definition) is 0. The second-order valence-electron chi connectivity index (χ2n) is 5.62. The average Bonchev–Trinajstić information content (AvgIpc) is 2.80. The predicted octanol–water partition coefficient (Wildman–Crippen LogP) is 4.96. The first-order valence-corrected chi connectivity index (χ1v) is 7.26. The summed E-state index contributed by atoms with van der Waals surface area (Å²) in [5.41, 5.74) is 2.82. The van der Waals surface area contributed by atoms with Gasteiger partial charge >= 0.3 is 5.63 Å². The van der Waals surface area contributed by atoms with Crippen LogP contribution in [0.1, 0.15) is 11.3 Å². The Hall–Kier alpha value is -2.88. The maximum atomic E-state index is 13.1. The molecule has 2 aromatic carbocycles. The standard InChI is InChI=1S/C19H13FO3/c1-10-11(2)22-18-9-17-13(7-15(10)18)8-16(19(21)23-17)12-3-5-14(20)6-4-12/h3-9H,1-2H3. The smallest absolute Gasteiger partial charge is 0.344 e. The molecule has 0 radical (unpaired) electrons. The molecule has 0 saturated carbocycles. The van der Waals surface area contributed by atoms with Crippen LogP contribution in [-0.2, 0) is 0 Å². The molecule has 0 amide bonds. The first kappa shape index (κ1) is 13.8. The van der Waals surface area contributed by atoms with Crippen molar-refractivity contribution in [3.63, 3.8) is 0 Å². The molecule has 4 heteroatoms. The van der Waals surface area contributed by atoms with Gasteiger partial charge in [0.05, 0.1) is 5.56 Å². The summed E-state index contributed by atoms with van der Waals surface area (Å²) in [6, 6.07) is 11.2. The van der Waals surface area contributed by atoms with Crippen LogP contribution >= 0.6 is 0 Å². The number of benzene rings is 2. The monoisotopic (exact) mass is 308 g/mol. The third-order valence-corrected chi connectivity index (χ3v) is 4.18. The zero-order chi connectivity index (χ0) is 16.1. The van der Waals surface area contributed by atoms with Crippen molar-refractivity contribution in [2.24, 2.45) is 0 Å². The molecule has 0 aliphatic rings. The van der Waals surface area contributed by atoms with E-state index in [0.717, 1.165) is 22.1 Å². The summed E-state index contributed by atoms with van der Waals surface area (Å²) in [6.07, 6.45) is 0. The second kappa shape index (κ2) is 4.81. The van der Waals surface area contributed by atoms with Crippen molar-refractivity contribution >= 4 is 21.9 Å². The largest absolute Gasteiger partial charge is 0.461 e. The lowest BCUT2D eigenvalue weighted by Crippen LogP contribution is -2.02. The first-order chi connectivity index (χ1) is 11.0. The molecule has 0 bridgehead atoms. The van der Waals surface area contributed by atoms with Crippen LogP contribution in [0.15, 0.2) is 56.1 Å². The highest BCUT2D eigenvalue weighted by atomic mass is 19.1. The van der Waals surface area contributed by atoms with E-state index in [1.165, 1.54) is 12.1 Å². The minimum atomic E-state index is -0.455. The third kappa shape index (κ3) is 2.14. The van der Waals surface area contributed by atoms with Gasteiger partial charge in [-0.05, 0) is 49.2 Å². The van der Waals surface area contributed by atoms with Gasteiger partial charge in [-0.25, -0.2) is 9.18 Å². The third-order valence-electron chi connectivity index (χ3n) is 4.18. The van der Waals surface area contributed by atoms with Crippen LogP contribution in [0.25, 0.3) is 33.1 Å². The van der Waals surface area contributed by atoms with Crippen molar-refractivity contribution in [2.45, 2.75) is 13.8 Å². The van der Waals surface area contributed by atoms with E-state index in [1.54, 1.807) is 24.3 Å². The lowest BCUT2D eigenvalue weighted by molar-refractivity contribution is 0.557. The molecule has 0 atom stereocenters. The molecular formula is C19H13FO3. The fourth-order valence-corrected chi connectivity index (χ4v) is 2.79. The van der Waals surface area contributed by atoms with E-state index in [0.29, 0.717) is 22.3 Å². The molecule has 2 heterocycles. The lowest BCUT2D eigenvalue weighted by atomic mass is 10.0. The van der Waals surface area contributed by atoms with E-state index >= 15 is 0 Å². The Balaban J connectivity index is 2.01. The molecule has 0 unspecified atom stereocenters. The summed E-state index contributed by atoms with van der Waals surface area (Å²) in [5.74, 6) is 0.501. The minimum absolute atomic E-state index is 0.342. The SMILES string of the molecule is Cc1oc2cc3oc(=O)c(-c4ccc(F)cc4)cc3cc2c1C. The second-order valence-corrected chi connectivity index (χ2v) is 5.62. The Kier molecular flexibility index (Phi) is 2.88. The summed E-state index contributed by atoms with van der Waals surface area (Å²) in [6.45, 7) is 3.90. The summed E-state index contributed by atoms with van der Waals surface area (Å²) >= 11 is 0. The maximum Gasteiger partial charge on any atom is 0.344 e. The normalized spacial score (nSPS) is 11.4. The molecule has 0 fully saturated rings. The van der Waals surface area contributed by atoms with Gasteiger partial charge in [-0.1, -0.05) is 12.1 Å². The number of aryl methyl sites for hydroxylation is 2. The zero-order valence-electron chi connectivity index (χ0n) is 12.6. The molecule has 114 valence electrons. The molecule has 4 rings (SSSR count). The Morgan fingerprint density at radius 2 is 1.65 bits per heavy atom. The number of furan rings is 1. The van der Waals surface area contributed by atoms with Gasteiger partial charge in [0.15, 0.2) is 0 Å². The van der Waals surface area contributed by atoms with Crippen LogP contribution in [0, 0.1) is 19.7 Å². The number of fused-ring (bicyclic) bond motifs is 2. The van der Waals surface area contributed by atoms with Gasteiger partial charge in [-0.3, -0.25) is 0 Å². The van der Waals surface area contributed by atoms with Crippen molar-refractivity contribution in [3.8, 4) is 11.1 Å². The van der Waals surface area contributed by atoms with Crippen LogP contribution in [0.3, 0.4) is 0 Å². The molecule has 23 heavy (non-hydrogen) atoms. The average molecular weight is 308 g/mol. The Labute approximate surface area is 131 Å². The van der Waals surface area contributed by atoms with Crippen LogP contribution in [0.4, 0.5) is 4.39 Å². The Morgan fingerprint density at radius 3 is 2.39 bits per heavy atom. The maximum absolute atomic E-state index is 13.1. The molecular weight excluding hydrogens is 295 g/mol. The highest BCUT2D eigenvalue weighted by molar-refractivity contribution is 5.96. The van der Waals surface area contributed by atoms with Crippen molar-refractivity contribution in [1.29, 1.82) is 0 Å². The van der Waals surface area contributed by atoms with Crippen molar-refractivity contribution in [3.05, 3.63) is 70.0 Å². The van der Waals surface area contributed by atoms with Crippen molar-refractivity contribution in [1.82, 2.24) is 0 Å². The van der Waals surface area contributed by atoms with E-state index in [1.807, 2.05) is 19.9 Å². The summed E-state index contributed by atoms with van der Waals surface area (Å²) < 4.78 is 24.2. The molecule has 2 aromatic heterocycles. The van der Waals surface area contributed by atoms with Gasteiger partial charge in [0.25, 0.3) is 0 Å². The number of rotatable bonds is 1. The minimum Gasteiger partial charge on any atom is -0.461 e. The summed E-state index contributed by atoms with van der Waals surface area (Å²) in [7, 11) is 0. The van der Waals surface area contributed by atoms with Gasteiger partial charge in [0.1, 0.15) is 22.7 Å². The molecule has 0 saturated heterocycles. The van der Waals surface area contributed by atoms with Gasteiger partial charge < -0.3 is 8.83 Å². The molecule has 3 nitrogen and oxygen atoms in total. The molecule has 0 aliphatic carbocycles. The highest BCUT2D eigenvalue weighted by Crippen LogP contribution is 2.30. The van der Waals surface area contributed by atoms with E-state index < -0.39 is 5.63 Å². The van der Waals surface area contributed by atoms with Gasteiger partial charge in [0.2, 0.25) is 0 Å². The van der Waals surface area contributed by atoms with E-state index in [9.17, 15) is 9.18 Å². The Bertz CT molecular complexity index is 1100. The zero-order valence-corrected chi connectivity index (χ0v) is 12.6. The van der Waals surface area contributed by atoms with Gasteiger partial charge in [-0.2, -0.15) is 0 Å². The van der Waals surface area contributed by atoms with Crippen molar-refractivity contribution < 1.29 is 13.2 Å². The quantitative estimate of drug-likeness (QED) is 0.467. The van der Waals surface area contributed by atoms with E-state index in [4.69, 9.17) is 8.83 Å². The van der Waals surface area contributed by atoms with Gasteiger partial charge in [0, 0.05) is 16.8 Å². The van der Waals surface area contributed by atoms with E-state index in [2.05, 4.69) is 0 Å². The Morgan fingerprint density at radius 1 is 0.913 bits per heavy atom. The highest BCUT2D eigenvalue weighted by Gasteiger charge is 2.12. The van der Waals surface area contributed by atoms with Crippen LogP contribution in [0.5, 0.6) is 0 Å². The summed E-state index contributed by atoms with van der Waals surface area (Å²) in [4.78, 5) is 12.2. The lowest BCUT2D eigenvalue weighted by Gasteiger charge is -2.03. The fraction of sp³-hybridized carbons (Fsp3) is 0.105. The van der Waals surface area contributed by atoms with Crippen molar-refractivity contribution in [2.75, 3.05) is 0 Å². The van der Waals surface area contributed by atoms with Gasteiger partial charge in [-0.15, -0.1) is 0 Å². The van der Waals surface area contributed by atoms with Crippen LogP contribution in [-0.4, -0.2) is 0 Å². The van der Waals surface area contributed by atoms with Crippen LogP contribution in [0.2, 0.25) is 0 Å². The number of halogens is 1.